The molecule has 0 amide bonds. The van der Waals surface area contributed by atoms with E-state index >= 15 is 0 Å². The van der Waals surface area contributed by atoms with Gasteiger partial charge in [-0.25, -0.2) is 4.79 Å². The maximum absolute atomic E-state index is 13.6. The molecule has 20 heteroatoms. The second kappa shape index (κ2) is 23.6. The Labute approximate surface area is 458 Å². The van der Waals surface area contributed by atoms with Crippen LogP contribution in [-0.4, -0.2) is 205 Å². The fourth-order valence-electron chi connectivity index (χ4n) is 15.2. The molecule has 78 heavy (non-hydrogen) atoms. The maximum Gasteiger partial charge on any atom is 0.331 e. The first-order chi connectivity index (χ1) is 37.0. The molecular weight excluding hydrogens is 1020 g/mol. The summed E-state index contributed by atoms with van der Waals surface area (Å²) in [5, 5.41) is 70.8. The number of hydrogen-bond acceptors (Lipinski definition) is 20. The number of aliphatic hydroxyl groups excluding tert-OH is 3. The second-order valence-electron chi connectivity index (χ2n) is 23.9. The quantitative estimate of drug-likeness (QED) is 0.0777. The summed E-state index contributed by atoms with van der Waals surface area (Å²) in [6.45, 7) is 12.6. The lowest BCUT2D eigenvalue weighted by atomic mass is 9.42. The van der Waals surface area contributed by atoms with E-state index < -0.39 is 156 Å². The van der Waals surface area contributed by atoms with Gasteiger partial charge in [0, 0.05) is 59.7 Å². The monoisotopic (exact) mass is 1100 g/mol. The molecule has 0 radical (unpaired) electrons. The molecule has 20 nitrogen and oxygen atoms in total. The van der Waals surface area contributed by atoms with Crippen LogP contribution in [-0.2, 0) is 66.4 Å². The summed E-state index contributed by atoms with van der Waals surface area (Å²) in [5.41, 5.74) is -5.84. The van der Waals surface area contributed by atoms with E-state index in [1.54, 1.807) is 41.3 Å². The smallest absolute Gasteiger partial charge is 0.331 e. The predicted molar refractivity (Wildman–Crippen MR) is 278 cm³/mol. The largest absolute Gasteiger partial charge is 0.458 e. The van der Waals surface area contributed by atoms with E-state index in [-0.39, 0.29) is 31.8 Å². The first-order valence-electron chi connectivity index (χ1n) is 28.2. The zero-order chi connectivity index (χ0) is 56.3. The summed E-state index contributed by atoms with van der Waals surface area (Å²) < 4.78 is 81.1. The Kier molecular flexibility index (Phi) is 18.2. The van der Waals surface area contributed by atoms with Crippen molar-refractivity contribution in [3.63, 3.8) is 0 Å². The van der Waals surface area contributed by atoms with Crippen molar-refractivity contribution in [2.45, 2.75) is 252 Å². The van der Waals surface area contributed by atoms with E-state index in [1.165, 1.54) is 20.1 Å². The van der Waals surface area contributed by atoms with Gasteiger partial charge < -0.3 is 92.2 Å². The van der Waals surface area contributed by atoms with E-state index in [9.17, 15) is 35.4 Å². The molecule has 7 fully saturated rings. The molecule has 1 aromatic carbocycles. The molecule has 4 aliphatic carbocycles. The standard InChI is InChI=1S/C58H88O20/c1-30-47(61)52(69-11)48(62)53(73-30)78-51-33(4)72-46(28-40(51)68-10)77-50-32(3)71-45(27-39(50)67-9)76-49-31(2)70-44(26-38(49)66-8)74-37-20-21-54(6)36(25-37)19-22-57(64)41(54)29-42(75-43(60)18-17-35-15-13-12-14-16-35)55(7)56(63,34(5)59)23-24-58(55,57)65/h12-19,30-34,37-42,44-53,59,61-65H,20-29H2,1-11H3/t30-,31-,32-,33-,34+,37+,38+,39+,40-,41-,42-,44+,45+,46+,47+,48-,49-,50-,51-,52+,53+,54+,55-,56-,57+,58-/m1/s1. The fraction of sp³-hybridized carbons (Fsp3) is 0.810. The van der Waals surface area contributed by atoms with E-state index in [0.717, 1.165) is 11.1 Å². The van der Waals surface area contributed by atoms with Gasteiger partial charge in [-0.2, -0.15) is 0 Å². The highest BCUT2D eigenvalue weighted by Crippen LogP contribution is 2.71. The zero-order valence-corrected chi connectivity index (χ0v) is 47.2. The molecule has 6 N–H and O–H groups in total. The summed E-state index contributed by atoms with van der Waals surface area (Å²) in [6, 6.07) is 9.34. The van der Waals surface area contributed by atoms with Crippen LogP contribution in [0.25, 0.3) is 6.08 Å². The van der Waals surface area contributed by atoms with Gasteiger partial charge in [-0.1, -0.05) is 55.8 Å². The van der Waals surface area contributed by atoms with Gasteiger partial charge in [0.1, 0.15) is 59.5 Å². The third-order valence-corrected chi connectivity index (χ3v) is 19.8. The number of ether oxygens (including phenoxy) is 13. The number of carbonyl (C=O) groups is 1. The van der Waals surface area contributed by atoms with Crippen molar-refractivity contribution in [3.05, 3.63) is 53.6 Å². The van der Waals surface area contributed by atoms with Crippen molar-refractivity contribution in [1.29, 1.82) is 0 Å². The fourth-order valence-corrected chi connectivity index (χ4v) is 15.2. The Hall–Kier alpha value is -2.55. The van der Waals surface area contributed by atoms with Crippen LogP contribution in [0.3, 0.4) is 0 Å². The summed E-state index contributed by atoms with van der Waals surface area (Å²) in [5.74, 6) is -1.21. The molecule has 8 aliphatic rings. The second-order valence-corrected chi connectivity index (χ2v) is 23.9. The molecule has 4 heterocycles. The Balaban J connectivity index is 0.809. The molecule has 0 aromatic heterocycles. The number of fused-ring (bicyclic) bond motifs is 5. The topological polar surface area (TPSA) is 258 Å². The summed E-state index contributed by atoms with van der Waals surface area (Å²) in [7, 11) is 6.25. The van der Waals surface area contributed by atoms with Gasteiger partial charge in [0.15, 0.2) is 25.2 Å². The first-order valence-corrected chi connectivity index (χ1v) is 28.2. The molecule has 0 bridgehead atoms. The molecule has 3 saturated carbocycles. The number of aliphatic hydroxyl groups is 6. The number of carbonyl (C=O) groups excluding carboxylic acids is 1. The molecule has 4 saturated heterocycles. The van der Waals surface area contributed by atoms with Crippen LogP contribution in [0, 0.1) is 16.7 Å². The van der Waals surface area contributed by atoms with Crippen molar-refractivity contribution >= 4 is 12.0 Å². The molecule has 1 aromatic rings. The highest BCUT2D eigenvalue weighted by Gasteiger charge is 2.81. The lowest BCUT2D eigenvalue weighted by Crippen LogP contribution is -2.78. The predicted octanol–water partition coefficient (Wildman–Crippen LogP) is 4.00. The van der Waals surface area contributed by atoms with Crippen LogP contribution in [0.2, 0.25) is 0 Å². The lowest BCUT2D eigenvalue weighted by molar-refractivity contribution is -0.356. The minimum atomic E-state index is -1.92. The Bertz CT molecular complexity index is 2250. The van der Waals surface area contributed by atoms with Crippen molar-refractivity contribution in [3.8, 4) is 0 Å². The van der Waals surface area contributed by atoms with Crippen molar-refractivity contribution < 1.29 is 97.0 Å². The van der Waals surface area contributed by atoms with Gasteiger partial charge in [0.2, 0.25) is 0 Å². The van der Waals surface area contributed by atoms with E-state index in [0.29, 0.717) is 38.5 Å². The summed E-state index contributed by atoms with van der Waals surface area (Å²) in [4.78, 5) is 13.6. The lowest BCUT2D eigenvalue weighted by Gasteiger charge is -2.67. The summed E-state index contributed by atoms with van der Waals surface area (Å²) >= 11 is 0. The van der Waals surface area contributed by atoms with Gasteiger partial charge in [0.25, 0.3) is 0 Å². The van der Waals surface area contributed by atoms with Crippen LogP contribution in [0.5, 0.6) is 0 Å². The number of hydrogen-bond donors (Lipinski definition) is 6. The molecular formula is C58H88O20. The average Bonchev–Trinajstić information content (AvgIpc) is 3.72. The van der Waals surface area contributed by atoms with Crippen LogP contribution < -0.4 is 0 Å². The molecule has 0 spiro atoms. The third-order valence-electron chi connectivity index (χ3n) is 19.8. The van der Waals surface area contributed by atoms with Crippen molar-refractivity contribution in [2.24, 2.45) is 16.7 Å². The Morgan fingerprint density at radius 1 is 0.679 bits per heavy atom. The van der Waals surface area contributed by atoms with Crippen LogP contribution in [0.15, 0.2) is 48.1 Å². The van der Waals surface area contributed by atoms with E-state index in [1.807, 2.05) is 57.2 Å². The maximum atomic E-state index is 13.6. The van der Waals surface area contributed by atoms with Gasteiger partial charge in [-0.05, 0) is 96.6 Å². The Morgan fingerprint density at radius 3 is 1.77 bits per heavy atom. The highest BCUT2D eigenvalue weighted by atomic mass is 16.8. The van der Waals surface area contributed by atoms with Gasteiger partial charge >= 0.3 is 5.97 Å². The minimum Gasteiger partial charge on any atom is -0.458 e. The van der Waals surface area contributed by atoms with Gasteiger partial charge in [0.05, 0.1) is 60.4 Å². The highest BCUT2D eigenvalue weighted by molar-refractivity contribution is 5.87. The van der Waals surface area contributed by atoms with Crippen LogP contribution in [0.4, 0.5) is 0 Å². The van der Waals surface area contributed by atoms with Gasteiger partial charge in [-0.15, -0.1) is 0 Å². The van der Waals surface area contributed by atoms with Crippen molar-refractivity contribution in [1.82, 2.24) is 0 Å². The van der Waals surface area contributed by atoms with E-state index in [2.05, 4.69) is 6.92 Å². The SMILES string of the molecule is CO[C@H]1[C@@H](O)[C@@H](C)O[C@@H](O[C@@H]2[C@@H](C)O[C@@H](O[C@H]3[C@@H](OC)C[C@H](O[C@H]4[C@@H](OC)C[C@H](O[C@H]5CC[C@@]6(C)C(=CC[C@]7(O)[C@@H]6C[C@@H](OC(=O)C=Cc6ccccc6)[C@@]6(C)[C@]7(O)CC[C@@]6(O)[C@H](C)O)C5)O[C@@H]4C)O[C@@H]3C)C[C@H]2OC)[C@@H]1O. The minimum absolute atomic E-state index is 0.00562. The first kappa shape index (κ1) is 60.1. The van der Waals surface area contributed by atoms with Crippen molar-refractivity contribution in [2.75, 3.05) is 28.4 Å². The number of esters is 1. The molecule has 26 atom stereocenters. The van der Waals surface area contributed by atoms with Crippen LogP contribution >= 0.6 is 0 Å². The Morgan fingerprint density at radius 2 is 1.23 bits per heavy atom. The van der Waals surface area contributed by atoms with E-state index in [4.69, 9.17) is 61.6 Å². The summed E-state index contributed by atoms with van der Waals surface area (Å²) in [6.07, 6.45) is -5.94. The third kappa shape index (κ3) is 10.6. The van der Waals surface area contributed by atoms with Gasteiger partial charge in [-0.3, -0.25) is 0 Å². The van der Waals surface area contributed by atoms with Crippen LogP contribution in [0.1, 0.15) is 118 Å². The number of benzene rings is 1. The molecule has 440 valence electrons. The number of methoxy groups -OCH3 is 4. The average molecular weight is 1110 g/mol. The number of rotatable bonds is 16. The molecule has 0 unspecified atom stereocenters. The molecule has 4 aliphatic heterocycles. The zero-order valence-electron chi connectivity index (χ0n) is 47.2. The normalized spacial score (nSPS) is 49.1. The molecule has 9 rings (SSSR count).